The van der Waals surface area contributed by atoms with Gasteiger partial charge in [-0.25, -0.2) is 4.79 Å². The number of nitrogens with one attached hydrogen (secondary N) is 1. The molecule has 0 aliphatic carbocycles. The number of anilines is 1. The molecule has 0 radical (unpaired) electrons. The molecule has 134 valence electrons. The SMILES string of the molecule is COc1cc2cc(c1)OC/C=C\COc1nc(N)c3[nH]c(=O)n(c3n1)C2. The first-order valence-electron chi connectivity index (χ1n) is 7.98. The molecule has 0 amide bonds. The second-order valence-corrected chi connectivity index (χ2v) is 5.72. The highest BCUT2D eigenvalue weighted by Crippen LogP contribution is 2.25. The molecule has 3 N–H and O–H groups in total. The molecule has 0 saturated heterocycles. The maximum Gasteiger partial charge on any atom is 0.328 e. The van der Waals surface area contributed by atoms with Crippen molar-refractivity contribution in [2.45, 2.75) is 6.54 Å². The van der Waals surface area contributed by atoms with Crippen LogP contribution in [0, 0.1) is 0 Å². The highest BCUT2D eigenvalue weighted by atomic mass is 16.5. The average molecular weight is 355 g/mol. The number of aromatic amines is 1. The molecular weight excluding hydrogens is 338 g/mol. The summed E-state index contributed by atoms with van der Waals surface area (Å²) in [5.41, 5.74) is 7.19. The largest absolute Gasteiger partial charge is 0.497 e. The molecule has 4 rings (SSSR count). The molecule has 9 heteroatoms. The zero-order chi connectivity index (χ0) is 18.1. The number of ether oxygens (including phenoxy) is 3. The van der Waals surface area contributed by atoms with E-state index in [4.69, 9.17) is 19.9 Å². The predicted octanol–water partition coefficient (Wildman–Crippen LogP) is 1.09. The third-order valence-corrected chi connectivity index (χ3v) is 3.97. The van der Waals surface area contributed by atoms with Crippen LogP contribution in [-0.2, 0) is 6.54 Å². The number of aromatic nitrogens is 4. The van der Waals surface area contributed by atoms with Crippen LogP contribution in [0.25, 0.3) is 11.2 Å². The zero-order valence-corrected chi connectivity index (χ0v) is 14.1. The van der Waals surface area contributed by atoms with Gasteiger partial charge in [0.2, 0.25) is 0 Å². The monoisotopic (exact) mass is 355 g/mol. The Labute approximate surface area is 148 Å². The van der Waals surface area contributed by atoms with Gasteiger partial charge >= 0.3 is 11.7 Å². The molecule has 1 aliphatic rings. The van der Waals surface area contributed by atoms with Crippen molar-refractivity contribution in [3.8, 4) is 17.5 Å². The van der Waals surface area contributed by atoms with Gasteiger partial charge in [0.15, 0.2) is 11.5 Å². The summed E-state index contributed by atoms with van der Waals surface area (Å²) in [5, 5.41) is 0. The summed E-state index contributed by atoms with van der Waals surface area (Å²) in [6.07, 6.45) is 3.62. The molecule has 1 aromatic carbocycles. The maximum absolute atomic E-state index is 12.4. The van der Waals surface area contributed by atoms with Gasteiger partial charge < -0.3 is 24.9 Å². The lowest BCUT2D eigenvalue weighted by Gasteiger charge is -2.11. The Morgan fingerprint density at radius 2 is 2.00 bits per heavy atom. The number of hydrogen-bond donors (Lipinski definition) is 2. The summed E-state index contributed by atoms with van der Waals surface area (Å²) >= 11 is 0. The Balaban J connectivity index is 1.90. The summed E-state index contributed by atoms with van der Waals surface area (Å²) in [6.45, 7) is 0.887. The van der Waals surface area contributed by atoms with Gasteiger partial charge in [0.25, 0.3) is 0 Å². The molecule has 1 aliphatic heterocycles. The molecule has 4 bridgehead atoms. The molecule has 3 heterocycles. The molecule has 0 fully saturated rings. The number of nitrogens with zero attached hydrogens (tertiary/aromatic N) is 3. The second kappa shape index (κ2) is 6.43. The molecule has 26 heavy (non-hydrogen) atoms. The maximum atomic E-state index is 12.4. The van der Waals surface area contributed by atoms with Gasteiger partial charge in [0.1, 0.15) is 30.2 Å². The highest BCUT2D eigenvalue weighted by molar-refractivity contribution is 5.81. The molecule has 9 nitrogen and oxygen atoms in total. The van der Waals surface area contributed by atoms with Crippen LogP contribution in [0.2, 0.25) is 0 Å². The molecule has 0 spiro atoms. The molecule has 3 aromatic rings. The van der Waals surface area contributed by atoms with E-state index in [1.165, 1.54) is 4.57 Å². The summed E-state index contributed by atoms with van der Waals surface area (Å²) in [6, 6.07) is 5.59. The summed E-state index contributed by atoms with van der Waals surface area (Å²) in [4.78, 5) is 23.5. The Kier molecular flexibility index (Phi) is 3.96. The van der Waals surface area contributed by atoms with E-state index < -0.39 is 0 Å². The van der Waals surface area contributed by atoms with Gasteiger partial charge in [-0.2, -0.15) is 9.97 Å². The van der Waals surface area contributed by atoms with Crippen molar-refractivity contribution in [3.63, 3.8) is 0 Å². The first-order chi connectivity index (χ1) is 12.6. The fraction of sp³-hybridized carbons (Fsp3) is 0.235. The molecular formula is C17H17N5O4. The number of H-pyrrole nitrogens is 1. The van der Waals surface area contributed by atoms with Gasteiger partial charge in [-0.1, -0.05) is 0 Å². The Morgan fingerprint density at radius 1 is 1.19 bits per heavy atom. The zero-order valence-electron chi connectivity index (χ0n) is 14.1. The van der Waals surface area contributed by atoms with Crippen LogP contribution in [0.1, 0.15) is 5.56 Å². The smallest absolute Gasteiger partial charge is 0.328 e. The van der Waals surface area contributed by atoms with Crippen molar-refractivity contribution in [2.75, 3.05) is 26.1 Å². The summed E-state index contributed by atoms with van der Waals surface area (Å²) in [5.74, 6) is 1.44. The van der Waals surface area contributed by atoms with Gasteiger partial charge in [0, 0.05) is 6.07 Å². The Bertz CT molecular complexity index is 1050. The Hall–Kier alpha value is -3.49. The number of methoxy groups -OCH3 is 1. The van der Waals surface area contributed by atoms with Crippen molar-refractivity contribution >= 4 is 17.0 Å². The lowest BCUT2D eigenvalue weighted by atomic mass is 10.2. The highest BCUT2D eigenvalue weighted by Gasteiger charge is 2.15. The van der Waals surface area contributed by atoms with Crippen LogP contribution < -0.4 is 25.6 Å². The van der Waals surface area contributed by atoms with E-state index in [1.54, 1.807) is 19.3 Å². The van der Waals surface area contributed by atoms with E-state index in [0.717, 1.165) is 5.56 Å². The average Bonchev–Trinajstić information content (AvgIpc) is 2.94. The molecule has 0 saturated carbocycles. The lowest BCUT2D eigenvalue weighted by Crippen LogP contribution is -2.18. The van der Waals surface area contributed by atoms with Crippen molar-refractivity contribution in [1.82, 2.24) is 19.5 Å². The molecule has 0 unspecified atom stereocenters. The first kappa shape index (κ1) is 16.0. The van der Waals surface area contributed by atoms with Crippen molar-refractivity contribution in [2.24, 2.45) is 0 Å². The van der Waals surface area contributed by atoms with E-state index in [9.17, 15) is 4.79 Å². The van der Waals surface area contributed by atoms with Crippen molar-refractivity contribution in [1.29, 1.82) is 0 Å². The molecule has 0 atom stereocenters. The predicted molar refractivity (Wildman–Crippen MR) is 94.8 cm³/mol. The number of benzene rings is 1. The summed E-state index contributed by atoms with van der Waals surface area (Å²) in [7, 11) is 1.58. The van der Waals surface area contributed by atoms with Crippen LogP contribution in [0.5, 0.6) is 17.5 Å². The van der Waals surface area contributed by atoms with Gasteiger partial charge in [-0.05, 0) is 29.8 Å². The van der Waals surface area contributed by atoms with Crippen LogP contribution in [0.15, 0.2) is 35.1 Å². The standard InChI is InChI=1S/C17H17N5O4/c1-24-11-6-10-7-12(8-11)25-4-2-3-5-26-16-20-14(18)13-15(21-16)22(9-10)17(23)19-13/h2-3,6-8H,4-5,9H2,1H3,(H,19,23)(H2,18,20,21)/b3-2-. The normalized spacial score (nSPS) is 15.1. The van der Waals surface area contributed by atoms with Crippen LogP contribution in [-0.4, -0.2) is 39.8 Å². The Morgan fingerprint density at radius 3 is 2.81 bits per heavy atom. The van der Waals surface area contributed by atoms with E-state index in [0.29, 0.717) is 29.3 Å². The summed E-state index contributed by atoms with van der Waals surface area (Å²) < 4.78 is 18.0. The molecule has 2 aromatic heterocycles. The fourth-order valence-electron chi connectivity index (χ4n) is 2.75. The van der Waals surface area contributed by atoms with Crippen LogP contribution in [0.3, 0.4) is 0 Å². The van der Waals surface area contributed by atoms with E-state index in [2.05, 4.69) is 15.0 Å². The van der Waals surface area contributed by atoms with Crippen molar-refractivity contribution in [3.05, 3.63) is 46.4 Å². The minimum Gasteiger partial charge on any atom is -0.497 e. The van der Waals surface area contributed by atoms with Gasteiger partial charge in [0.05, 0.1) is 13.7 Å². The van der Waals surface area contributed by atoms with Gasteiger partial charge in [-0.15, -0.1) is 0 Å². The number of hydrogen-bond acceptors (Lipinski definition) is 7. The van der Waals surface area contributed by atoms with E-state index in [-0.39, 0.29) is 30.7 Å². The van der Waals surface area contributed by atoms with E-state index in [1.807, 2.05) is 18.2 Å². The number of imidazole rings is 1. The number of fused-ring (bicyclic) bond motifs is 3. The number of nitrogen functional groups attached to an aromatic ring is 1. The third-order valence-electron chi connectivity index (χ3n) is 3.97. The third kappa shape index (κ3) is 2.94. The van der Waals surface area contributed by atoms with Gasteiger partial charge in [-0.3, -0.25) is 4.57 Å². The topological polar surface area (TPSA) is 117 Å². The van der Waals surface area contributed by atoms with Crippen molar-refractivity contribution < 1.29 is 14.2 Å². The second-order valence-electron chi connectivity index (χ2n) is 5.72. The number of rotatable bonds is 1. The quantitative estimate of drug-likeness (QED) is 0.627. The minimum absolute atomic E-state index is 0.108. The minimum atomic E-state index is -0.338. The number of nitrogens with two attached hydrogens (primary N) is 1. The van der Waals surface area contributed by atoms with Crippen LogP contribution >= 0.6 is 0 Å². The fourth-order valence-corrected chi connectivity index (χ4v) is 2.75. The van der Waals surface area contributed by atoms with E-state index >= 15 is 0 Å². The van der Waals surface area contributed by atoms with Crippen LogP contribution in [0.4, 0.5) is 5.82 Å². The first-order valence-corrected chi connectivity index (χ1v) is 7.98. The lowest BCUT2D eigenvalue weighted by molar-refractivity contribution is 0.329.